The lowest BCUT2D eigenvalue weighted by Gasteiger charge is -2.22. The zero-order chi connectivity index (χ0) is 20.6. The molecule has 0 spiro atoms. The van der Waals surface area contributed by atoms with Gasteiger partial charge in [-0.1, -0.05) is 19.4 Å². The number of hydrogen-bond acceptors (Lipinski definition) is 5. The Hall–Kier alpha value is -2.15. The first-order valence-corrected chi connectivity index (χ1v) is 9.44. The Labute approximate surface area is 162 Å². The first-order valence-electron chi connectivity index (χ1n) is 9.44. The monoisotopic (exact) mass is 378 g/mol. The Bertz CT molecular complexity index is 630. The van der Waals surface area contributed by atoms with Crippen LogP contribution in [0.3, 0.4) is 0 Å². The van der Waals surface area contributed by atoms with Crippen LogP contribution in [0, 0.1) is 5.92 Å². The minimum Gasteiger partial charge on any atom is -0.444 e. The van der Waals surface area contributed by atoms with Crippen LogP contribution in [0.4, 0.5) is 4.79 Å². The standard InChI is InChI=1S/C20H34N4O3/c1-8-14(3)16(10-15-9-13(2)11-22-17(15)25)12-23-18(21-7)24-19(26)27-20(4,5)6/h10,12-13,18,21H,8-9,11H2,1-7H3,(H,22,25)(H,24,26)/b15-10+,16-14+,23-12-. The molecule has 1 heterocycles. The number of carbonyl (C=O) groups excluding carboxylic acids is 2. The summed E-state index contributed by atoms with van der Waals surface area (Å²) in [5.41, 5.74) is 2.17. The van der Waals surface area contributed by atoms with Gasteiger partial charge in [-0.2, -0.15) is 0 Å². The van der Waals surface area contributed by atoms with Crippen molar-refractivity contribution in [2.75, 3.05) is 13.6 Å². The summed E-state index contributed by atoms with van der Waals surface area (Å²) in [7, 11) is 1.70. The molecule has 1 saturated heterocycles. The van der Waals surface area contributed by atoms with E-state index in [-0.39, 0.29) is 5.91 Å². The number of alkyl carbamates (subject to hydrolysis) is 1. The summed E-state index contributed by atoms with van der Waals surface area (Å²) >= 11 is 0. The predicted octanol–water partition coefficient (Wildman–Crippen LogP) is 2.89. The summed E-state index contributed by atoms with van der Waals surface area (Å²) in [4.78, 5) is 28.5. The van der Waals surface area contributed by atoms with Crippen LogP contribution in [0.5, 0.6) is 0 Å². The van der Waals surface area contributed by atoms with Crippen LogP contribution >= 0.6 is 0 Å². The summed E-state index contributed by atoms with van der Waals surface area (Å²) in [6.45, 7) is 12.3. The number of nitrogens with one attached hydrogen (secondary N) is 3. The summed E-state index contributed by atoms with van der Waals surface area (Å²) in [5.74, 6) is 0.382. The van der Waals surface area contributed by atoms with Gasteiger partial charge in [0.1, 0.15) is 5.60 Å². The topological polar surface area (TPSA) is 91.8 Å². The molecule has 7 heteroatoms. The number of piperidine rings is 1. The van der Waals surface area contributed by atoms with Crippen molar-refractivity contribution in [3.63, 3.8) is 0 Å². The molecule has 0 saturated carbocycles. The molecule has 0 aromatic carbocycles. The number of carbonyl (C=O) groups is 2. The Morgan fingerprint density at radius 3 is 2.67 bits per heavy atom. The Balaban J connectivity index is 2.95. The average Bonchev–Trinajstić information content (AvgIpc) is 2.57. The summed E-state index contributed by atoms with van der Waals surface area (Å²) in [6.07, 6.45) is 4.00. The summed E-state index contributed by atoms with van der Waals surface area (Å²) in [6, 6.07) is 0. The van der Waals surface area contributed by atoms with Crippen molar-refractivity contribution < 1.29 is 14.3 Å². The molecule has 2 atom stereocenters. The molecule has 0 aliphatic carbocycles. The normalized spacial score (nSPS) is 21.7. The van der Waals surface area contributed by atoms with Gasteiger partial charge in [0, 0.05) is 18.3 Å². The van der Waals surface area contributed by atoms with E-state index >= 15 is 0 Å². The number of amides is 2. The number of ether oxygens (including phenoxy) is 1. The highest BCUT2D eigenvalue weighted by Gasteiger charge is 2.20. The molecular formula is C20H34N4O3. The quantitative estimate of drug-likeness (QED) is 0.376. The highest BCUT2D eigenvalue weighted by atomic mass is 16.6. The highest BCUT2D eigenvalue weighted by molar-refractivity contribution is 5.97. The molecule has 1 rings (SSSR count). The number of aliphatic imine (C=N–C) groups is 1. The van der Waals surface area contributed by atoms with Gasteiger partial charge in [0.25, 0.3) is 0 Å². The molecule has 0 radical (unpaired) electrons. The maximum Gasteiger partial charge on any atom is 0.410 e. The molecule has 0 aromatic heterocycles. The average molecular weight is 379 g/mol. The lowest BCUT2D eigenvalue weighted by molar-refractivity contribution is -0.118. The fourth-order valence-electron chi connectivity index (χ4n) is 2.47. The molecular weight excluding hydrogens is 344 g/mol. The second kappa shape index (κ2) is 10.3. The fourth-order valence-corrected chi connectivity index (χ4v) is 2.47. The van der Waals surface area contributed by atoms with Gasteiger partial charge in [0.05, 0.1) is 0 Å². The minimum absolute atomic E-state index is 0.0278. The van der Waals surface area contributed by atoms with Gasteiger partial charge >= 0.3 is 6.09 Å². The van der Waals surface area contributed by atoms with Gasteiger partial charge in [-0.25, -0.2) is 4.79 Å². The van der Waals surface area contributed by atoms with Gasteiger partial charge in [-0.15, -0.1) is 0 Å². The van der Waals surface area contributed by atoms with E-state index in [4.69, 9.17) is 4.74 Å². The summed E-state index contributed by atoms with van der Waals surface area (Å²) < 4.78 is 5.25. The lowest BCUT2D eigenvalue weighted by Crippen LogP contribution is -2.44. The van der Waals surface area contributed by atoms with Crippen molar-refractivity contribution in [2.45, 2.75) is 66.3 Å². The molecule has 152 valence electrons. The Morgan fingerprint density at radius 1 is 1.44 bits per heavy atom. The van der Waals surface area contributed by atoms with Gasteiger partial charge in [0.2, 0.25) is 5.91 Å². The minimum atomic E-state index is -0.628. The first-order chi connectivity index (χ1) is 12.6. The van der Waals surface area contributed by atoms with Crippen molar-refractivity contribution >= 4 is 18.2 Å². The molecule has 1 aliphatic rings. The zero-order valence-electron chi connectivity index (χ0n) is 17.6. The number of rotatable bonds is 6. The van der Waals surface area contributed by atoms with E-state index in [0.29, 0.717) is 12.5 Å². The van der Waals surface area contributed by atoms with Crippen LogP contribution in [0.1, 0.15) is 54.4 Å². The van der Waals surface area contributed by atoms with Crippen molar-refractivity contribution in [1.29, 1.82) is 0 Å². The highest BCUT2D eigenvalue weighted by Crippen LogP contribution is 2.19. The van der Waals surface area contributed by atoms with E-state index in [1.165, 1.54) is 0 Å². The Kier molecular flexibility index (Phi) is 8.69. The number of hydrogen-bond donors (Lipinski definition) is 3. The molecule has 0 aromatic rings. The van der Waals surface area contributed by atoms with Crippen LogP contribution in [-0.2, 0) is 9.53 Å². The number of nitrogens with zero attached hydrogens (tertiary/aromatic N) is 1. The van der Waals surface area contributed by atoms with E-state index in [2.05, 4.69) is 34.8 Å². The first kappa shape index (κ1) is 22.9. The van der Waals surface area contributed by atoms with E-state index in [9.17, 15) is 9.59 Å². The van der Waals surface area contributed by atoms with Crippen molar-refractivity contribution in [2.24, 2.45) is 10.9 Å². The maximum atomic E-state index is 12.1. The molecule has 27 heavy (non-hydrogen) atoms. The molecule has 3 N–H and O–H groups in total. The van der Waals surface area contributed by atoms with Gasteiger partial charge in [-0.3, -0.25) is 20.4 Å². The fraction of sp³-hybridized carbons (Fsp3) is 0.650. The third-order valence-electron chi connectivity index (χ3n) is 4.11. The molecule has 1 aliphatic heterocycles. The zero-order valence-corrected chi connectivity index (χ0v) is 17.6. The second-order valence-electron chi connectivity index (χ2n) is 7.89. The van der Waals surface area contributed by atoms with Crippen molar-refractivity contribution in [3.8, 4) is 0 Å². The predicted molar refractivity (Wildman–Crippen MR) is 109 cm³/mol. The van der Waals surface area contributed by atoms with Gasteiger partial charge < -0.3 is 10.1 Å². The molecule has 7 nitrogen and oxygen atoms in total. The van der Waals surface area contributed by atoms with E-state index in [1.54, 1.807) is 34.0 Å². The second-order valence-corrected chi connectivity index (χ2v) is 7.89. The third kappa shape index (κ3) is 8.39. The smallest absolute Gasteiger partial charge is 0.410 e. The van der Waals surface area contributed by atoms with Gasteiger partial charge in [-0.05, 0) is 65.2 Å². The van der Waals surface area contributed by atoms with Gasteiger partial charge in [0.15, 0.2) is 6.29 Å². The van der Waals surface area contributed by atoms with Crippen LogP contribution in [0.25, 0.3) is 0 Å². The van der Waals surface area contributed by atoms with Crippen LogP contribution in [-0.4, -0.2) is 43.7 Å². The van der Waals surface area contributed by atoms with E-state index in [1.807, 2.05) is 13.0 Å². The largest absolute Gasteiger partial charge is 0.444 e. The van der Waals surface area contributed by atoms with Crippen molar-refractivity contribution in [3.05, 3.63) is 22.8 Å². The lowest BCUT2D eigenvalue weighted by atomic mass is 9.94. The molecule has 1 fully saturated rings. The van der Waals surface area contributed by atoms with E-state index < -0.39 is 18.0 Å². The van der Waals surface area contributed by atoms with Crippen LogP contribution in [0.2, 0.25) is 0 Å². The Morgan fingerprint density at radius 2 is 2.11 bits per heavy atom. The third-order valence-corrected chi connectivity index (χ3v) is 4.11. The molecule has 0 bridgehead atoms. The maximum absolute atomic E-state index is 12.1. The molecule has 2 unspecified atom stereocenters. The van der Waals surface area contributed by atoms with E-state index in [0.717, 1.165) is 29.6 Å². The number of allylic oxidation sites excluding steroid dienone is 3. The molecule has 2 amide bonds. The summed E-state index contributed by atoms with van der Waals surface area (Å²) in [5, 5.41) is 8.49. The van der Waals surface area contributed by atoms with Crippen LogP contribution < -0.4 is 16.0 Å². The van der Waals surface area contributed by atoms with Crippen molar-refractivity contribution in [1.82, 2.24) is 16.0 Å². The van der Waals surface area contributed by atoms with Crippen LogP contribution in [0.15, 0.2) is 27.8 Å². The SMILES string of the molecule is CC/C(C)=C(/C=N\C(NC)NC(=O)OC(C)(C)C)\C=C1/CC(C)CNC1=O.